The molecular formula is C18H17N3O3. The summed E-state index contributed by atoms with van der Waals surface area (Å²) in [6, 6.07) is 14.6. The van der Waals surface area contributed by atoms with Crippen LogP contribution >= 0.6 is 0 Å². The van der Waals surface area contributed by atoms with E-state index < -0.39 is 4.92 Å². The molecule has 0 spiro atoms. The Morgan fingerprint density at radius 2 is 2.00 bits per heavy atom. The fourth-order valence-corrected chi connectivity index (χ4v) is 2.72. The van der Waals surface area contributed by atoms with Gasteiger partial charge < -0.3 is 9.88 Å². The third kappa shape index (κ3) is 3.27. The van der Waals surface area contributed by atoms with Crippen molar-refractivity contribution in [3.8, 4) is 0 Å². The number of nitrogens with zero attached hydrogens (tertiary/aromatic N) is 2. The summed E-state index contributed by atoms with van der Waals surface area (Å²) in [5, 5.41) is 14.7. The minimum absolute atomic E-state index is 0.0480. The molecule has 0 unspecified atom stereocenters. The Kier molecular flexibility index (Phi) is 4.29. The van der Waals surface area contributed by atoms with Gasteiger partial charge in [0.2, 0.25) is 5.91 Å². The van der Waals surface area contributed by atoms with E-state index in [0.29, 0.717) is 24.2 Å². The molecule has 0 bridgehead atoms. The van der Waals surface area contributed by atoms with Crippen LogP contribution in [0.25, 0.3) is 10.9 Å². The summed E-state index contributed by atoms with van der Waals surface area (Å²) in [4.78, 5) is 22.5. The Morgan fingerprint density at radius 3 is 2.75 bits per heavy atom. The van der Waals surface area contributed by atoms with Crippen LogP contribution in [0, 0.1) is 17.0 Å². The number of hydrogen-bond acceptors (Lipinski definition) is 3. The lowest BCUT2D eigenvalue weighted by molar-refractivity contribution is -0.385. The van der Waals surface area contributed by atoms with Gasteiger partial charge in [-0.05, 0) is 36.6 Å². The number of hydrogen-bond donors (Lipinski definition) is 1. The molecule has 0 saturated heterocycles. The Balaban J connectivity index is 1.64. The van der Waals surface area contributed by atoms with Crippen molar-refractivity contribution in [1.29, 1.82) is 0 Å². The van der Waals surface area contributed by atoms with Crippen LogP contribution in [0.5, 0.6) is 0 Å². The van der Waals surface area contributed by atoms with Gasteiger partial charge in [-0.1, -0.05) is 18.2 Å². The van der Waals surface area contributed by atoms with Gasteiger partial charge in [0.05, 0.1) is 4.92 Å². The Hall–Kier alpha value is -3.15. The molecule has 6 heteroatoms. The average Bonchev–Trinajstić information content (AvgIpc) is 2.96. The molecule has 0 saturated carbocycles. The highest BCUT2D eigenvalue weighted by Crippen LogP contribution is 2.22. The van der Waals surface area contributed by atoms with Crippen molar-refractivity contribution in [1.82, 2.24) is 4.57 Å². The monoisotopic (exact) mass is 323 g/mol. The van der Waals surface area contributed by atoms with Crippen LogP contribution in [0.15, 0.2) is 54.7 Å². The lowest BCUT2D eigenvalue weighted by Gasteiger charge is -2.08. The minimum atomic E-state index is -0.432. The van der Waals surface area contributed by atoms with Crippen LogP contribution in [-0.4, -0.2) is 15.4 Å². The van der Waals surface area contributed by atoms with E-state index in [1.165, 1.54) is 6.07 Å². The number of carbonyl (C=O) groups excluding carboxylic acids is 1. The third-order valence-electron chi connectivity index (χ3n) is 3.94. The second kappa shape index (κ2) is 6.54. The summed E-state index contributed by atoms with van der Waals surface area (Å²) < 4.78 is 2.04. The number of amides is 1. The van der Waals surface area contributed by atoms with Gasteiger partial charge in [-0.2, -0.15) is 0 Å². The van der Waals surface area contributed by atoms with Crippen molar-refractivity contribution in [2.45, 2.75) is 19.9 Å². The maximum absolute atomic E-state index is 12.1. The standard InChI is InChI=1S/C18H17N3O3/c1-13-12-15(6-7-16(13)21(23)24)19-18(22)9-11-20-10-8-14-4-2-3-5-17(14)20/h2-8,10,12H,9,11H2,1H3,(H,19,22). The number of nitrogens with one attached hydrogen (secondary N) is 1. The number of aromatic nitrogens is 1. The highest BCUT2D eigenvalue weighted by molar-refractivity contribution is 5.91. The number of nitro benzene ring substituents is 1. The van der Waals surface area contributed by atoms with Gasteiger partial charge in [0.15, 0.2) is 0 Å². The molecule has 1 heterocycles. The molecule has 3 aromatic rings. The van der Waals surface area contributed by atoms with Crippen LogP contribution < -0.4 is 5.32 Å². The zero-order chi connectivity index (χ0) is 17.1. The first-order chi connectivity index (χ1) is 11.5. The lowest BCUT2D eigenvalue weighted by Crippen LogP contribution is -2.14. The third-order valence-corrected chi connectivity index (χ3v) is 3.94. The quantitative estimate of drug-likeness (QED) is 0.571. The van der Waals surface area contributed by atoms with Crippen molar-refractivity contribution >= 4 is 28.2 Å². The second-order valence-corrected chi connectivity index (χ2v) is 5.62. The number of aryl methyl sites for hydroxylation is 2. The predicted octanol–water partition coefficient (Wildman–Crippen LogP) is 3.89. The second-order valence-electron chi connectivity index (χ2n) is 5.62. The van der Waals surface area contributed by atoms with E-state index in [9.17, 15) is 14.9 Å². The van der Waals surface area contributed by atoms with E-state index in [0.717, 1.165) is 10.9 Å². The van der Waals surface area contributed by atoms with E-state index in [2.05, 4.69) is 5.32 Å². The van der Waals surface area contributed by atoms with E-state index in [1.807, 2.05) is 41.1 Å². The van der Waals surface area contributed by atoms with Crippen LogP contribution in [0.2, 0.25) is 0 Å². The first-order valence-electron chi connectivity index (χ1n) is 7.63. The smallest absolute Gasteiger partial charge is 0.272 e. The molecule has 1 N–H and O–H groups in total. The van der Waals surface area contributed by atoms with Crippen LogP contribution in [0.1, 0.15) is 12.0 Å². The summed E-state index contributed by atoms with van der Waals surface area (Å²) in [6.45, 7) is 2.23. The average molecular weight is 323 g/mol. The molecule has 0 aliphatic rings. The van der Waals surface area contributed by atoms with Gasteiger partial charge >= 0.3 is 0 Å². The first kappa shape index (κ1) is 15.7. The summed E-state index contributed by atoms with van der Waals surface area (Å²) >= 11 is 0. The van der Waals surface area contributed by atoms with Crippen molar-refractivity contribution in [2.24, 2.45) is 0 Å². The van der Waals surface area contributed by atoms with Gasteiger partial charge in [-0.15, -0.1) is 0 Å². The van der Waals surface area contributed by atoms with Crippen LogP contribution in [0.4, 0.5) is 11.4 Å². The Morgan fingerprint density at radius 1 is 1.21 bits per heavy atom. The van der Waals surface area contributed by atoms with Gasteiger partial charge in [0.1, 0.15) is 0 Å². The van der Waals surface area contributed by atoms with Crippen LogP contribution in [0.3, 0.4) is 0 Å². The van der Waals surface area contributed by atoms with Gasteiger partial charge in [-0.3, -0.25) is 14.9 Å². The number of rotatable bonds is 5. The number of anilines is 1. The molecular weight excluding hydrogens is 306 g/mol. The van der Waals surface area contributed by atoms with Crippen molar-refractivity contribution in [2.75, 3.05) is 5.32 Å². The molecule has 6 nitrogen and oxygen atoms in total. The number of nitro groups is 1. The Bertz CT molecular complexity index is 915. The highest BCUT2D eigenvalue weighted by atomic mass is 16.6. The maximum Gasteiger partial charge on any atom is 0.272 e. The molecule has 24 heavy (non-hydrogen) atoms. The fourth-order valence-electron chi connectivity index (χ4n) is 2.72. The lowest BCUT2D eigenvalue weighted by atomic mass is 10.2. The predicted molar refractivity (Wildman–Crippen MR) is 93.0 cm³/mol. The summed E-state index contributed by atoms with van der Waals surface area (Å²) in [7, 11) is 0. The molecule has 0 fully saturated rings. The number of benzene rings is 2. The van der Waals surface area contributed by atoms with Gasteiger partial charge in [0, 0.05) is 42.0 Å². The number of carbonyl (C=O) groups is 1. The van der Waals surface area contributed by atoms with E-state index >= 15 is 0 Å². The molecule has 1 amide bonds. The van der Waals surface area contributed by atoms with E-state index in [1.54, 1.807) is 19.1 Å². The maximum atomic E-state index is 12.1. The largest absolute Gasteiger partial charge is 0.347 e. The van der Waals surface area contributed by atoms with E-state index in [4.69, 9.17) is 0 Å². The number of fused-ring (bicyclic) bond motifs is 1. The fraction of sp³-hybridized carbons (Fsp3) is 0.167. The van der Waals surface area contributed by atoms with E-state index in [-0.39, 0.29) is 11.6 Å². The Labute approximate surface area is 138 Å². The van der Waals surface area contributed by atoms with Crippen molar-refractivity contribution < 1.29 is 9.72 Å². The zero-order valence-electron chi connectivity index (χ0n) is 13.2. The van der Waals surface area contributed by atoms with Crippen LogP contribution in [-0.2, 0) is 11.3 Å². The highest BCUT2D eigenvalue weighted by Gasteiger charge is 2.11. The number of para-hydroxylation sites is 1. The molecule has 2 aromatic carbocycles. The molecule has 0 aliphatic carbocycles. The van der Waals surface area contributed by atoms with Gasteiger partial charge in [-0.25, -0.2) is 0 Å². The topological polar surface area (TPSA) is 77.2 Å². The summed E-state index contributed by atoms with van der Waals surface area (Å²) in [5.74, 6) is -0.124. The molecule has 0 atom stereocenters. The summed E-state index contributed by atoms with van der Waals surface area (Å²) in [6.07, 6.45) is 2.29. The van der Waals surface area contributed by atoms with Crippen molar-refractivity contribution in [3.05, 3.63) is 70.4 Å². The van der Waals surface area contributed by atoms with Gasteiger partial charge in [0.25, 0.3) is 5.69 Å². The first-order valence-corrected chi connectivity index (χ1v) is 7.63. The molecule has 122 valence electrons. The normalized spacial score (nSPS) is 10.7. The minimum Gasteiger partial charge on any atom is -0.347 e. The molecule has 3 rings (SSSR count). The molecule has 0 aliphatic heterocycles. The SMILES string of the molecule is Cc1cc(NC(=O)CCn2ccc3ccccc32)ccc1[N+](=O)[O-]. The van der Waals surface area contributed by atoms with Crippen molar-refractivity contribution in [3.63, 3.8) is 0 Å². The summed E-state index contributed by atoms with van der Waals surface area (Å²) in [5.41, 5.74) is 2.23. The molecule has 0 radical (unpaired) electrons. The zero-order valence-corrected chi connectivity index (χ0v) is 13.2. The molecule has 1 aromatic heterocycles.